The molecule has 4 aliphatic rings. The monoisotopic (exact) mass is 2060 g/mol. The number of aromatic nitrogens is 13. The fraction of sp³-hybridized carbons (Fsp3) is 0.365. The Bertz CT molecular complexity index is 7040. The van der Waals surface area contributed by atoms with Gasteiger partial charge in [-0.3, -0.25) is 34.4 Å². The summed E-state index contributed by atoms with van der Waals surface area (Å²) >= 11 is 6.34. The molecule has 1 aromatic carbocycles. The quantitative estimate of drug-likeness (QED) is 0.0216. The van der Waals surface area contributed by atoms with E-state index in [0.717, 1.165) is 60.6 Å². The fourth-order valence-electron chi connectivity index (χ4n) is 16.4. The van der Waals surface area contributed by atoms with E-state index >= 15 is 0 Å². The molecule has 0 radical (unpaired) electrons. The summed E-state index contributed by atoms with van der Waals surface area (Å²) in [6.07, 6.45) is 8.34. The van der Waals surface area contributed by atoms with Crippen LogP contribution in [0.1, 0.15) is 176 Å². The molecule has 0 saturated carbocycles. The van der Waals surface area contributed by atoms with E-state index in [1.807, 2.05) is 36.8 Å². The van der Waals surface area contributed by atoms with E-state index in [9.17, 15) is 66.0 Å². The van der Waals surface area contributed by atoms with E-state index in [1.165, 1.54) is 80.3 Å². The molecule has 12 aromatic rings. The number of alkyl halides is 3. The standard InChI is InChI=1S/C26H32N6O4S.C25H30ClN5O4S.C24H25F3N6O4S.C21H24N6O4S/c1-16(2)15-36-20-12-19(13-28-14-20)22-11-10-21(25(29-22)32-17(3)8-9-18(32)4)26(33)31-37(34,35)24-7-5-6-23(27)30-24;1-15(2)14-35-22-13-18(7-9-20(22)26)21-10-8-19(24(28-21)31-16(3)5-6-17(31)4)25(32)30-36(33,34)23-11-12-27-29-23;1-14(2)37-20-11-8-15(13-29-20)17-10-9-16(22(30-17)33-12-4-5-18(33)24(25,26)27)23(34)32-38(35,36)21-7-3-6-19(28)31-21;1-13-7-8-14(2)27(13)20-15(21(28)26-32(29,30)19-11-12-22-25-19)9-10-17(24-20)16-5-4-6-18(23-16)31-3/h5-7,10-14,16-18H,8-9,15H2,1-4H3,(H2,27,30)(H,31,33);7-13,15-17H,5-6,14H2,1-4H3,(H,27,29)(H,30,32);3,6-11,13-14,18H,4-5,12H2,1-2H3,(H2,28,31)(H,32,34);4-6,9-14H,7-8H2,1-3H3,(H,22,25)(H,26,28)/t17-,18+;16-,17+;;13-,14+. The second-order valence-electron chi connectivity index (χ2n) is 35.7. The molecule has 4 aliphatic heterocycles. The van der Waals surface area contributed by atoms with Crippen molar-refractivity contribution in [3.63, 3.8) is 0 Å². The molecule has 143 heavy (non-hydrogen) atoms. The lowest BCUT2D eigenvalue weighted by Gasteiger charge is -2.29. The molecule has 0 bridgehead atoms. The van der Waals surface area contributed by atoms with Gasteiger partial charge in [-0.25, -0.2) is 58.8 Å². The third kappa shape index (κ3) is 26.2. The van der Waals surface area contributed by atoms with E-state index in [2.05, 4.69) is 148 Å². The van der Waals surface area contributed by atoms with Crippen LogP contribution >= 0.6 is 11.6 Å². The first-order valence-corrected chi connectivity index (χ1v) is 52.2. The molecule has 0 aliphatic carbocycles. The number of hydrogen-bond acceptors (Lipinski definition) is 33. The van der Waals surface area contributed by atoms with Gasteiger partial charge >= 0.3 is 6.18 Å². The first-order valence-electron chi connectivity index (χ1n) is 45.9. The topological polar surface area (TPSA) is 528 Å². The molecule has 39 nitrogen and oxygen atoms in total. The van der Waals surface area contributed by atoms with Crippen LogP contribution < -0.4 is 68.9 Å². The zero-order valence-electron chi connectivity index (χ0n) is 80.4. The molecule has 758 valence electrons. The average molecular weight is 2060 g/mol. The van der Waals surface area contributed by atoms with E-state index in [0.29, 0.717) is 99.1 Å². The van der Waals surface area contributed by atoms with Gasteiger partial charge in [0, 0.05) is 84.0 Å². The summed E-state index contributed by atoms with van der Waals surface area (Å²) in [5, 5.41) is 11.3. The van der Waals surface area contributed by atoms with Crippen LogP contribution in [0.25, 0.3) is 45.2 Å². The van der Waals surface area contributed by atoms with Gasteiger partial charge in [-0.05, 0) is 234 Å². The summed E-state index contributed by atoms with van der Waals surface area (Å²) in [5.41, 5.74) is 15.9. The number of rotatable bonds is 29. The summed E-state index contributed by atoms with van der Waals surface area (Å²) in [4.78, 5) is 99.1. The zero-order chi connectivity index (χ0) is 103. The second kappa shape index (κ2) is 45.3. The maximum Gasteiger partial charge on any atom is 0.408 e. The molecule has 11 aromatic heterocycles. The van der Waals surface area contributed by atoms with Crippen LogP contribution in [0.4, 0.5) is 48.1 Å². The van der Waals surface area contributed by atoms with Crippen molar-refractivity contribution >= 4 is 110 Å². The Kier molecular flexibility index (Phi) is 33.6. The summed E-state index contributed by atoms with van der Waals surface area (Å²) in [6.45, 7) is 25.4. The summed E-state index contributed by atoms with van der Waals surface area (Å²) in [7, 11) is -15.4. The lowest BCUT2D eigenvalue weighted by atomic mass is 10.1. The highest BCUT2D eigenvalue weighted by atomic mass is 35.5. The number of hydrogen-bond donors (Lipinski definition) is 8. The smallest absolute Gasteiger partial charge is 0.408 e. The molecule has 7 atom stereocenters. The minimum absolute atomic E-state index is 0.0240. The molecule has 4 fully saturated rings. The fourth-order valence-corrected chi connectivity index (χ4v) is 20.3. The van der Waals surface area contributed by atoms with Crippen LogP contribution in [0.3, 0.4) is 0 Å². The number of carbonyl (C=O) groups excluding carboxylic acids is 4. The predicted octanol–water partition coefficient (Wildman–Crippen LogP) is 14.2. The Morgan fingerprint density at radius 1 is 0.455 bits per heavy atom. The SMILES string of the molecule is CC(C)COc1cc(-c2ccc(C(=O)NS(=O)(=O)c3ccn[nH]3)c(N3[C@H](C)CC[C@@H]3C)n2)ccc1Cl.CC(C)COc1cncc(-c2ccc(C(=O)NS(=O)(=O)c3cccc(N)n3)c(N3[C@H](C)CC[C@@H]3C)n2)c1.CC(C)Oc1ccc(-c2ccc(C(=O)NS(=O)(=O)c3cccc(N)n3)c(N3CCCC3C(F)(F)F)n2)cn1.COc1cccc(-c2ccc(C(=O)NS(=O)(=O)c3ccn[nH]3)c(N3[C@H](C)CC[C@@H]3C)n2)n1. The molecular formula is C96H111ClF3N23O16S4. The van der Waals surface area contributed by atoms with Crippen molar-refractivity contribution in [3.8, 4) is 68.4 Å². The number of halogens is 4. The third-order valence-corrected chi connectivity index (χ3v) is 28.7. The van der Waals surface area contributed by atoms with Crippen molar-refractivity contribution in [2.45, 2.75) is 209 Å². The molecule has 16 rings (SSSR count). The molecule has 47 heteroatoms. The molecule has 1 unspecified atom stereocenters. The van der Waals surface area contributed by atoms with E-state index in [-0.39, 0.29) is 122 Å². The molecule has 10 N–H and O–H groups in total. The summed E-state index contributed by atoms with van der Waals surface area (Å²) < 4.78 is 174. The number of sulfonamides is 4. The van der Waals surface area contributed by atoms with Gasteiger partial charge in [0.1, 0.15) is 52.4 Å². The largest absolute Gasteiger partial charge is 0.492 e. The van der Waals surface area contributed by atoms with Crippen molar-refractivity contribution in [1.82, 2.24) is 84.1 Å². The van der Waals surface area contributed by atoms with Gasteiger partial charge < -0.3 is 50.0 Å². The number of nitrogens with zero attached hydrogens (tertiary/aromatic N) is 15. The van der Waals surface area contributed by atoms with Crippen molar-refractivity contribution in [2.75, 3.05) is 57.9 Å². The number of anilines is 6. The number of carbonyl (C=O) groups is 4. The highest BCUT2D eigenvalue weighted by Gasteiger charge is 2.48. The van der Waals surface area contributed by atoms with Crippen LogP contribution in [0.2, 0.25) is 5.02 Å². The van der Waals surface area contributed by atoms with Crippen LogP contribution in [-0.2, 0) is 40.1 Å². The molecular weight excluding hydrogens is 1950 g/mol. The summed E-state index contributed by atoms with van der Waals surface area (Å²) in [6, 6.07) is 37.8. The minimum Gasteiger partial charge on any atom is -0.492 e. The van der Waals surface area contributed by atoms with Crippen molar-refractivity contribution in [3.05, 3.63) is 210 Å². The zero-order valence-corrected chi connectivity index (χ0v) is 84.4. The molecule has 4 amide bonds. The number of nitrogens with one attached hydrogen (secondary N) is 6. The second-order valence-corrected chi connectivity index (χ2v) is 42.6. The maximum atomic E-state index is 13.8. The van der Waals surface area contributed by atoms with Crippen LogP contribution in [0.5, 0.6) is 23.3 Å². The molecule has 15 heterocycles. The predicted molar refractivity (Wildman–Crippen MR) is 531 cm³/mol. The van der Waals surface area contributed by atoms with Gasteiger partial charge in [0.15, 0.2) is 20.1 Å². The van der Waals surface area contributed by atoms with Crippen molar-refractivity contribution in [2.24, 2.45) is 11.8 Å². The highest BCUT2D eigenvalue weighted by molar-refractivity contribution is 7.90. The van der Waals surface area contributed by atoms with Gasteiger partial charge in [-0.2, -0.15) is 57.0 Å². The Balaban J connectivity index is 0.000000160. The highest BCUT2D eigenvalue weighted by Crippen LogP contribution is 2.42. The Morgan fingerprint density at radius 2 is 0.874 bits per heavy atom. The number of nitrogens with two attached hydrogens (primary N) is 2. The van der Waals surface area contributed by atoms with E-state index in [1.54, 1.807) is 85.2 Å². The molecule has 0 spiro atoms. The lowest BCUT2D eigenvalue weighted by molar-refractivity contribution is -0.146. The van der Waals surface area contributed by atoms with E-state index < -0.39 is 81.0 Å². The van der Waals surface area contributed by atoms with Crippen LogP contribution in [0, 0.1) is 11.8 Å². The molecule has 4 saturated heterocycles. The van der Waals surface area contributed by atoms with Gasteiger partial charge in [-0.1, -0.05) is 63.6 Å². The van der Waals surface area contributed by atoms with Gasteiger partial charge in [-0.15, -0.1) is 0 Å². The lowest BCUT2D eigenvalue weighted by Crippen LogP contribution is -2.43. The van der Waals surface area contributed by atoms with Crippen LogP contribution in [0.15, 0.2) is 203 Å². The number of pyridine rings is 9. The Labute approximate surface area is 831 Å². The normalized spacial score (nSPS) is 17.5. The Hall–Kier alpha value is -14.3. The van der Waals surface area contributed by atoms with Gasteiger partial charge in [0.05, 0.1) is 101 Å². The first-order chi connectivity index (χ1) is 67.8. The number of H-pyrrole nitrogens is 2. The first kappa shape index (κ1) is 106. The van der Waals surface area contributed by atoms with Crippen molar-refractivity contribution < 1.29 is 85.0 Å². The van der Waals surface area contributed by atoms with Crippen molar-refractivity contribution in [1.29, 1.82) is 0 Å². The number of aromatic amines is 2. The van der Waals surface area contributed by atoms with Crippen LogP contribution in [-0.4, -0.2) is 204 Å². The minimum atomic E-state index is -4.59. The maximum absolute atomic E-state index is 13.8. The average Bonchev–Trinajstić information content (AvgIpc) is 1.77. The Morgan fingerprint density at radius 3 is 1.31 bits per heavy atom. The number of methoxy groups -OCH3 is 1. The number of amides is 4. The third-order valence-electron chi connectivity index (χ3n) is 23.4. The van der Waals surface area contributed by atoms with E-state index in [4.69, 9.17) is 57.0 Å². The number of benzene rings is 1. The van der Waals surface area contributed by atoms with Gasteiger partial charge in [0.25, 0.3) is 63.7 Å². The number of nitrogen functional groups attached to an aromatic ring is 2. The van der Waals surface area contributed by atoms with Gasteiger partial charge in [0.2, 0.25) is 11.8 Å². The summed E-state index contributed by atoms with van der Waals surface area (Å²) in [5.74, 6) is 0.128. The number of ether oxygens (including phenoxy) is 4.